The van der Waals surface area contributed by atoms with Crippen molar-refractivity contribution in [3.05, 3.63) is 151 Å². The maximum atomic E-state index is 6.97. The number of anilines is 3. The summed E-state index contributed by atoms with van der Waals surface area (Å²) in [7, 11) is 0. The van der Waals surface area contributed by atoms with Crippen molar-refractivity contribution in [1.82, 2.24) is 0 Å². The Morgan fingerprint density at radius 2 is 1.11 bits per heavy atom. The maximum Gasteiger partial charge on any atom is 0.159 e. The van der Waals surface area contributed by atoms with E-state index < -0.39 is 0 Å². The lowest BCUT2D eigenvalue weighted by Gasteiger charge is -2.29. The van der Waals surface area contributed by atoms with E-state index in [4.69, 9.17) is 8.83 Å². The molecule has 46 heavy (non-hydrogen) atoms. The molecule has 0 saturated heterocycles. The van der Waals surface area contributed by atoms with Crippen LogP contribution in [0.5, 0.6) is 0 Å². The monoisotopic (exact) mass is 591 g/mol. The Hall–Kier alpha value is -5.80. The number of benzene rings is 7. The Kier molecular flexibility index (Phi) is 5.06. The molecule has 1 aliphatic rings. The molecule has 0 fully saturated rings. The van der Waals surface area contributed by atoms with Crippen molar-refractivity contribution in [3.63, 3.8) is 0 Å². The summed E-state index contributed by atoms with van der Waals surface area (Å²) in [6.07, 6.45) is 0. The summed E-state index contributed by atoms with van der Waals surface area (Å²) in [4.78, 5) is 2.41. The summed E-state index contributed by atoms with van der Waals surface area (Å²) < 4.78 is 13.4. The van der Waals surface area contributed by atoms with Crippen LogP contribution in [0.4, 0.5) is 17.1 Å². The van der Waals surface area contributed by atoms with Crippen molar-refractivity contribution in [3.8, 4) is 11.1 Å². The van der Waals surface area contributed by atoms with Crippen LogP contribution >= 0.6 is 0 Å². The van der Waals surface area contributed by atoms with Gasteiger partial charge in [-0.05, 0) is 58.5 Å². The molecule has 9 aromatic rings. The third-order valence-corrected chi connectivity index (χ3v) is 10.1. The fraction of sp³-hybridized carbons (Fsp3) is 0.0698. The van der Waals surface area contributed by atoms with E-state index in [2.05, 4.69) is 146 Å². The first kappa shape index (κ1) is 25.5. The molecular weight excluding hydrogens is 562 g/mol. The summed E-state index contributed by atoms with van der Waals surface area (Å²) in [6.45, 7) is 4.67. The third-order valence-electron chi connectivity index (χ3n) is 10.1. The summed E-state index contributed by atoms with van der Waals surface area (Å²) >= 11 is 0. The number of fused-ring (bicyclic) bond motifs is 11. The van der Waals surface area contributed by atoms with Crippen LogP contribution in [0.25, 0.3) is 65.8 Å². The Balaban J connectivity index is 1.36. The first-order chi connectivity index (χ1) is 22.6. The fourth-order valence-corrected chi connectivity index (χ4v) is 7.94. The molecular formula is C43H29NO2. The first-order valence-corrected chi connectivity index (χ1v) is 15.9. The highest BCUT2D eigenvalue weighted by Crippen LogP contribution is 2.56. The van der Waals surface area contributed by atoms with Crippen molar-refractivity contribution in [2.75, 3.05) is 4.90 Å². The van der Waals surface area contributed by atoms with Gasteiger partial charge in [0.25, 0.3) is 0 Å². The normalized spacial score (nSPS) is 13.6. The molecule has 0 aliphatic heterocycles. The van der Waals surface area contributed by atoms with Crippen LogP contribution in [0, 0.1) is 0 Å². The molecule has 2 aromatic heterocycles. The number of para-hydroxylation sites is 2. The highest BCUT2D eigenvalue weighted by Gasteiger charge is 2.38. The second kappa shape index (κ2) is 9.12. The number of nitrogens with zero attached hydrogens (tertiary/aromatic N) is 1. The molecule has 1 aliphatic carbocycles. The topological polar surface area (TPSA) is 29.5 Å². The minimum atomic E-state index is -0.133. The molecule has 10 rings (SSSR count). The van der Waals surface area contributed by atoms with E-state index >= 15 is 0 Å². The van der Waals surface area contributed by atoms with Gasteiger partial charge in [0.2, 0.25) is 0 Å². The quantitative estimate of drug-likeness (QED) is 0.205. The zero-order valence-corrected chi connectivity index (χ0v) is 25.5. The Morgan fingerprint density at radius 3 is 2.04 bits per heavy atom. The summed E-state index contributed by atoms with van der Waals surface area (Å²) in [6, 6.07) is 49.7. The molecule has 3 nitrogen and oxygen atoms in total. The van der Waals surface area contributed by atoms with Gasteiger partial charge in [0.1, 0.15) is 16.7 Å². The minimum Gasteiger partial charge on any atom is -0.456 e. The van der Waals surface area contributed by atoms with Gasteiger partial charge in [-0.2, -0.15) is 0 Å². The van der Waals surface area contributed by atoms with Crippen LogP contribution in [0.1, 0.15) is 25.0 Å². The first-order valence-electron chi connectivity index (χ1n) is 15.9. The smallest absolute Gasteiger partial charge is 0.159 e. The van der Waals surface area contributed by atoms with Crippen molar-refractivity contribution in [2.24, 2.45) is 0 Å². The Labute approximate surface area is 265 Å². The second-order valence-electron chi connectivity index (χ2n) is 12.9. The van der Waals surface area contributed by atoms with Crippen LogP contribution in [0.2, 0.25) is 0 Å². The predicted molar refractivity (Wildman–Crippen MR) is 191 cm³/mol. The zero-order chi connectivity index (χ0) is 30.6. The molecule has 2 heterocycles. The number of rotatable bonds is 3. The van der Waals surface area contributed by atoms with Gasteiger partial charge in [0.05, 0.1) is 22.4 Å². The lowest BCUT2D eigenvalue weighted by atomic mass is 9.82. The van der Waals surface area contributed by atoms with E-state index in [1.807, 2.05) is 12.1 Å². The molecule has 0 bridgehead atoms. The molecule has 0 amide bonds. The lowest BCUT2D eigenvalue weighted by Crippen LogP contribution is -2.16. The van der Waals surface area contributed by atoms with Crippen LogP contribution in [0.3, 0.4) is 0 Å². The van der Waals surface area contributed by atoms with E-state index in [9.17, 15) is 0 Å². The van der Waals surface area contributed by atoms with Gasteiger partial charge >= 0.3 is 0 Å². The SMILES string of the molecule is CC1(C)c2ccccc2-c2c(N(c3cccc4c3oc3c5ccccc5ccc43)c3cccc4oc5ccccc5c34)cccc21. The fourth-order valence-electron chi connectivity index (χ4n) is 7.94. The van der Waals surface area contributed by atoms with E-state index in [1.165, 1.54) is 27.6 Å². The molecule has 3 heteroatoms. The molecule has 0 unspecified atom stereocenters. The largest absolute Gasteiger partial charge is 0.456 e. The van der Waals surface area contributed by atoms with E-state index in [1.54, 1.807) is 0 Å². The summed E-state index contributed by atoms with van der Waals surface area (Å²) in [5.41, 5.74) is 11.7. The van der Waals surface area contributed by atoms with E-state index in [-0.39, 0.29) is 5.41 Å². The molecule has 0 radical (unpaired) electrons. The van der Waals surface area contributed by atoms with Gasteiger partial charge in [0, 0.05) is 32.5 Å². The molecule has 0 spiro atoms. The van der Waals surface area contributed by atoms with E-state index in [0.717, 1.165) is 66.3 Å². The highest BCUT2D eigenvalue weighted by atomic mass is 16.3. The maximum absolute atomic E-state index is 6.97. The summed E-state index contributed by atoms with van der Waals surface area (Å²) in [5.74, 6) is 0. The molecule has 218 valence electrons. The number of hydrogen-bond acceptors (Lipinski definition) is 3. The Morgan fingerprint density at radius 1 is 0.457 bits per heavy atom. The molecule has 7 aromatic carbocycles. The molecule has 0 atom stereocenters. The van der Waals surface area contributed by atoms with Crippen molar-refractivity contribution < 1.29 is 8.83 Å². The standard InChI is InChI=1S/C43H29NO2/c1-43(2)32-17-7-5-14-30(32)39-33(43)18-10-19-34(39)44(35-20-11-23-38-40(35)31-15-6-8-22-37(31)45-38)36-21-9-16-28-29-25-24-26-12-3-4-13-27(26)41(29)46-42(28)36/h3-25H,1-2H3. The number of furan rings is 2. The van der Waals surface area contributed by atoms with Crippen molar-refractivity contribution >= 4 is 71.7 Å². The van der Waals surface area contributed by atoms with Crippen molar-refractivity contribution in [1.29, 1.82) is 0 Å². The van der Waals surface area contributed by atoms with Crippen LogP contribution in [0.15, 0.2) is 148 Å². The third kappa shape index (κ3) is 3.32. The van der Waals surface area contributed by atoms with Gasteiger partial charge in [-0.25, -0.2) is 0 Å². The molecule has 0 saturated carbocycles. The minimum absolute atomic E-state index is 0.133. The van der Waals surface area contributed by atoms with Crippen LogP contribution in [-0.2, 0) is 5.41 Å². The van der Waals surface area contributed by atoms with E-state index in [0.29, 0.717) is 0 Å². The van der Waals surface area contributed by atoms with Gasteiger partial charge in [-0.3, -0.25) is 0 Å². The number of hydrogen-bond donors (Lipinski definition) is 0. The molecule has 0 N–H and O–H groups in total. The van der Waals surface area contributed by atoms with Gasteiger partial charge in [0.15, 0.2) is 5.58 Å². The average Bonchev–Trinajstić information content (AvgIpc) is 3.74. The lowest BCUT2D eigenvalue weighted by molar-refractivity contribution is 0.660. The summed E-state index contributed by atoms with van der Waals surface area (Å²) in [5, 5.41) is 6.68. The van der Waals surface area contributed by atoms with Gasteiger partial charge in [-0.15, -0.1) is 0 Å². The van der Waals surface area contributed by atoms with Gasteiger partial charge in [-0.1, -0.05) is 117 Å². The van der Waals surface area contributed by atoms with Crippen molar-refractivity contribution in [2.45, 2.75) is 19.3 Å². The highest BCUT2D eigenvalue weighted by molar-refractivity contribution is 6.19. The average molecular weight is 592 g/mol. The second-order valence-corrected chi connectivity index (χ2v) is 12.9. The van der Waals surface area contributed by atoms with Gasteiger partial charge < -0.3 is 13.7 Å². The zero-order valence-electron chi connectivity index (χ0n) is 25.5. The van der Waals surface area contributed by atoms with Crippen LogP contribution in [-0.4, -0.2) is 0 Å². The predicted octanol–water partition coefficient (Wildman–Crippen LogP) is 12.4. The van der Waals surface area contributed by atoms with Crippen LogP contribution < -0.4 is 4.90 Å². The Bertz CT molecular complexity index is 2690.